The Hall–Kier alpha value is -8.40. The number of carbonyl (C=O) groups excluding carboxylic acids is 8. The number of aliphatic hydroxyl groups is 4. The second-order valence-corrected chi connectivity index (χ2v) is 34.3. The predicted octanol–water partition coefficient (Wildman–Crippen LogP) is 22.4. The monoisotopic (exact) mass is 1580 g/mol. The van der Waals surface area contributed by atoms with Crippen molar-refractivity contribution in [2.45, 2.75) is 304 Å². The van der Waals surface area contributed by atoms with E-state index in [2.05, 4.69) is 109 Å². The summed E-state index contributed by atoms with van der Waals surface area (Å²) >= 11 is 0. The number of rotatable bonds is 38. The average Bonchev–Trinajstić information content (AvgIpc) is 0.779. The van der Waals surface area contributed by atoms with E-state index in [9.17, 15) is 58.8 Å². The van der Waals surface area contributed by atoms with Crippen molar-refractivity contribution in [3.63, 3.8) is 0 Å². The van der Waals surface area contributed by atoms with Crippen LogP contribution in [-0.2, 0) is 38.4 Å². The molecule has 8 N–H and O–H groups in total. The van der Waals surface area contributed by atoms with Gasteiger partial charge in [-0.3, -0.25) is 38.4 Å². The van der Waals surface area contributed by atoms with Crippen LogP contribution in [-0.4, -0.2) is 92.9 Å². The van der Waals surface area contributed by atoms with Crippen LogP contribution in [0.3, 0.4) is 0 Å². The highest BCUT2D eigenvalue weighted by Gasteiger charge is 2.46. The van der Waals surface area contributed by atoms with Crippen LogP contribution in [0.15, 0.2) is 186 Å². The van der Waals surface area contributed by atoms with Crippen molar-refractivity contribution in [1.29, 1.82) is 0 Å². The molecule has 0 aromatic rings. The highest BCUT2D eigenvalue weighted by molar-refractivity contribution is 6.52. The van der Waals surface area contributed by atoms with Gasteiger partial charge in [0.05, 0.1) is 45.1 Å². The molecule has 0 aromatic heterocycles. The molecule has 16 nitrogen and oxygen atoms in total. The Morgan fingerprint density at radius 2 is 0.565 bits per heavy atom. The summed E-state index contributed by atoms with van der Waals surface area (Å²) < 4.78 is 0. The van der Waals surface area contributed by atoms with Crippen LogP contribution in [0.25, 0.3) is 0 Å². The normalized spacial score (nSPS) is 23.0. The molecule has 8 rings (SSSR count). The van der Waals surface area contributed by atoms with Gasteiger partial charge in [0.2, 0.25) is 46.3 Å². The molecule has 16 heteroatoms. The zero-order valence-electron chi connectivity index (χ0n) is 73.7. The molecule has 0 fully saturated rings. The Kier molecular flexibility index (Phi) is 40.3. The van der Waals surface area contributed by atoms with Crippen molar-refractivity contribution < 1.29 is 58.8 Å². The summed E-state index contributed by atoms with van der Waals surface area (Å²) in [5, 5.41) is 57.8. The van der Waals surface area contributed by atoms with Crippen LogP contribution in [0, 0.1) is 53.3 Å². The van der Waals surface area contributed by atoms with E-state index >= 15 is 0 Å². The van der Waals surface area contributed by atoms with Crippen molar-refractivity contribution in [3.05, 3.63) is 186 Å². The lowest BCUT2D eigenvalue weighted by molar-refractivity contribution is -0.133. The fourth-order valence-corrected chi connectivity index (χ4v) is 17.3. The lowest BCUT2D eigenvalue weighted by Gasteiger charge is -2.34. The number of unbranched alkanes of at least 4 members (excludes halogenated alkanes) is 11. The SMILES string of the molecule is C=C(C)[C@@H]1CCC(C)=C[C@H]1C1=C(O)C(NCC(C)C)=C(CCCCC)C(=O)C1=O.C=C(C)[C@@H]1CCC(C)=C[C@H]1C1=C(O)C(NCC)=C(CCCCC)C(=O)C1=O.C=C(C)[C@@H]1CCC(C)=C[C@H]1C1=C(O)C(NCCCC)=C(CCCCC)C(=O)C1=O.C=C(C)[C@@H]1CCC(C)=C[C@H]1C1=C(O)C(NCCCCC)=C(CCCCC)C(=O)C1=O. The molecule has 8 aliphatic rings. The first-order valence-corrected chi connectivity index (χ1v) is 44.0. The van der Waals surface area contributed by atoms with E-state index < -0.39 is 46.3 Å². The minimum Gasteiger partial charge on any atom is -0.505 e. The van der Waals surface area contributed by atoms with Crippen molar-refractivity contribution in [3.8, 4) is 0 Å². The van der Waals surface area contributed by atoms with Gasteiger partial charge in [-0.2, -0.15) is 0 Å². The van der Waals surface area contributed by atoms with Gasteiger partial charge in [-0.1, -0.05) is 221 Å². The molecule has 0 saturated carbocycles. The number of nitrogens with one attached hydrogen (secondary N) is 4. The van der Waals surface area contributed by atoms with E-state index in [1.54, 1.807) is 0 Å². The van der Waals surface area contributed by atoms with Crippen LogP contribution in [0.2, 0.25) is 0 Å². The summed E-state index contributed by atoms with van der Waals surface area (Å²) in [6, 6.07) is 0. The molecule has 634 valence electrons. The molecule has 0 aromatic carbocycles. The second-order valence-electron chi connectivity index (χ2n) is 34.3. The Morgan fingerprint density at radius 3 is 0.791 bits per heavy atom. The standard InChI is InChI=1S/C26H39NO3.2C25H37NO3.C23H33NO3/c1-6-8-10-12-20-23(27-15-11-9-7-2)25(29)22(26(30)24(20)28)21-16-18(5)13-14-19(21)17(3)4;1-7-8-9-10-19-22(26-14-15(2)3)24(28)21(25(29)23(19)27)20-13-17(6)11-12-18(20)16(4)5;1-6-8-10-11-19-22(26-14-9-7-2)24(28)21(25(29)23(19)27)20-15-17(5)12-13-18(20)16(3)4;1-6-8-9-10-17-20(24-7-2)22(26)19(23(27)21(17)25)18-13-15(5)11-12-16(18)14(3)4/h16,19,21,27,29H,3,6-15H2,1-2,4-5H3;13,15,18,20,26,28H,4,7-12,14H2,1-3,5-6H3;15,18,20,26,28H,3,6-14H2,1-2,4-5H3;13,16,18,24,26H,3,6-12H2,1-2,4-5H3/t19-,21+;2*18-,20+;16-,18+/m0000/s1. The Morgan fingerprint density at radius 1 is 0.339 bits per heavy atom. The highest BCUT2D eigenvalue weighted by Crippen LogP contribution is 2.47. The smallest absolute Gasteiger partial charge is 0.233 e. The molecule has 0 amide bonds. The summed E-state index contributed by atoms with van der Waals surface area (Å²) in [6.45, 7) is 53.7. The van der Waals surface area contributed by atoms with Gasteiger partial charge >= 0.3 is 0 Å². The number of likely N-dealkylation sites (N-methyl/N-ethyl adjacent to an activating group) is 1. The average molecular weight is 1580 g/mol. The van der Waals surface area contributed by atoms with E-state index in [1.165, 1.54) is 22.3 Å². The third kappa shape index (κ3) is 25.6. The van der Waals surface area contributed by atoms with Gasteiger partial charge in [0.15, 0.2) is 0 Å². The molecule has 0 unspecified atom stereocenters. The van der Waals surface area contributed by atoms with E-state index in [0.29, 0.717) is 103 Å². The van der Waals surface area contributed by atoms with Gasteiger partial charge in [-0.25, -0.2) is 0 Å². The van der Waals surface area contributed by atoms with Crippen LogP contribution in [0.1, 0.15) is 304 Å². The molecule has 0 spiro atoms. The molecule has 0 radical (unpaired) electrons. The van der Waals surface area contributed by atoms with Gasteiger partial charge < -0.3 is 41.7 Å². The van der Waals surface area contributed by atoms with Crippen molar-refractivity contribution in [2.24, 2.45) is 53.3 Å². The molecule has 0 bridgehead atoms. The quantitative estimate of drug-likeness (QED) is 0.0124. The molecule has 8 aliphatic carbocycles. The molecule has 115 heavy (non-hydrogen) atoms. The number of carbonyl (C=O) groups is 8. The lowest BCUT2D eigenvalue weighted by atomic mass is 9.70. The van der Waals surface area contributed by atoms with E-state index in [4.69, 9.17) is 0 Å². The minimum absolute atomic E-state index is 0.0233. The van der Waals surface area contributed by atoms with Crippen molar-refractivity contribution in [2.75, 3.05) is 26.2 Å². The summed E-state index contributed by atoms with van der Waals surface area (Å²) in [7, 11) is 0. The lowest BCUT2D eigenvalue weighted by Crippen LogP contribution is -2.37. The molecule has 0 heterocycles. The van der Waals surface area contributed by atoms with E-state index in [1.807, 2.05) is 80.5 Å². The maximum Gasteiger partial charge on any atom is 0.233 e. The number of hydrogen-bond donors (Lipinski definition) is 8. The number of allylic oxidation sites excluding steroid dienone is 20. The number of Topliss-reactive ketones (excluding diaryl/α,β-unsaturated/α-hetero) is 8. The van der Waals surface area contributed by atoms with Gasteiger partial charge in [-0.05, 0) is 207 Å². The third-order valence-corrected chi connectivity index (χ3v) is 24.0. The van der Waals surface area contributed by atoms with Crippen LogP contribution < -0.4 is 21.3 Å². The predicted molar refractivity (Wildman–Crippen MR) is 469 cm³/mol. The largest absolute Gasteiger partial charge is 0.505 e. The van der Waals surface area contributed by atoms with Crippen molar-refractivity contribution in [1.82, 2.24) is 21.3 Å². The van der Waals surface area contributed by atoms with Gasteiger partial charge in [0.1, 0.15) is 23.0 Å². The maximum atomic E-state index is 13.2. The van der Waals surface area contributed by atoms with Gasteiger partial charge in [0, 0.05) is 72.1 Å². The molecule has 0 saturated heterocycles. The molecular weight excluding hydrogens is 1440 g/mol. The zero-order chi connectivity index (χ0) is 85.7. The fourth-order valence-electron chi connectivity index (χ4n) is 17.3. The van der Waals surface area contributed by atoms with E-state index in [-0.39, 0.29) is 92.7 Å². The highest BCUT2D eigenvalue weighted by atomic mass is 16.3. The number of aliphatic hydroxyl groups excluding tert-OH is 4. The molecule has 0 aliphatic heterocycles. The minimum atomic E-state index is -0.553. The van der Waals surface area contributed by atoms with Crippen LogP contribution in [0.5, 0.6) is 0 Å². The number of hydrogen-bond acceptors (Lipinski definition) is 16. The topological polar surface area (TPSA) is 266 Å². The first-order chi connectivity index (χ1) is 54.7. The Labute approximate surface area is 691 Å². The first-order valence-electron chi connectivity index (χ1n) is 44.0. The van der Waals surface area contributed by atoms with Gasteiger partial charge in [-0.15, -0.1) is 0 Å². The summed E-state index contributed by atoms with van der Waals surface area (Å²) in [5.41, 5.74) is 13.3. The Bertz CT molecular complexity index is 4040. The summed E-state index contributed by atoms with van der Waals surface area (Å²) in [6.07, 6.45) is 34.1. The molecule has 8 atom stereocenters. The van der Waals surface area contributed by atoms with Crippen molar-refractivity contribution >= 4 is 46.3 Å². The molecular formula is C99H146N4O12. The summed E-state index contributed by atoms with van der Waals surface area (Å²) in [5.74, 6) is -4.74. The Balaban J connectivity index is 0.000000274. The second kappa shape index (κ2) is 47.7. The number of ketones is 8. The van der Waals surface area contributed by atoms with Gasteiger partial charge in [0.25, 0.3) is 0 Å². The van der Waals surface area contributed by atoms with Crippen LogP contribution >= 0.6 is 0 Å². The third-order valence-electron chi connectivity index (χ3n) is 24.0. The maximum absolute atomic E-state index is 13.2. The van der Waals surface area contributed by atoms with E-state index in [0.717, 1.165) is 183 Å². The summed E-state index contributed by atoms with van der Waals surface area (Å²) in [4.78, 5) is 105. The first kappa shape index (κ1) is 97.2. The van der Waals surface area contributed by atoms with Crippen LogP contribution in [0.4, 0.5) is 0 Å². The zero-order valence-corrected chi connectivity index (χ0v) is 73.7. The fraction of sp³-hybridized carbons (Fsp3) is 0.596.